The molecule has 1 aliphatic carbocycles. The van der Waals surface area contributed by atoms with Gasteiger partial charge < -0.3 is 15.0 Å². The number of aromatic nitrogens is 1. The Kier molecular flexibility index (Phi) is 4.80. The van der Waals surface area contributed by atoms with E-state index < -0.39 is 29.1 Å². The smallest absolute Gasteiger partial charge is 0.433 e. The van der Waals surface area contributed by atoms with E-state index in [9.17, 15) is 18.0 Å². The number of fused-ring (bicyclic) bond motifs is 2. The Morgan fingerprint density at radius 3 is 2.37 bits per heavy atom. The summed E-state index contributed by atoms with van der Waals surface area (Å²) in [6, 6.07) is 2.71. The van der Waals surface area contributed by atoms with Crippen molar-refractivity contribution in [2.24, 2.45) is 11.8 Å². The van der Waals surface area contributed by atoms with Crippen molar-refractivity contribution in [3.8, 4) is 0 Å². The van der Waals surface area contributed by atoms with E-state index >= 15 is 0 Å². The Morgan fingerprint density at radius 2 is 1.85 bits per heavy atom. The van der Waals surface area contributed by atoms with Crippen LogP contribution in [0.1, 0.15) is 46.2 Å². The third kappa shape index (κ3) is 4.14. The van der Waals surface area contributed by atoms with Gasteiger partial charge in [0, 0.05) is 30.5 Å². The molecule has 2 fully saturated rings. The summed E-state index contributed by atoms with van der Waals surface area (Å²) in [4.78, 5) is 17.7. The van der Waals surface area contributed by atoms with Crippen LogP contribution in [0.15, 0.2) is 18.3 Å². The van der Waals surface area contributed by atoms with Crippen LogP contribution in [0.5, 0.6) is 0 Å². The molecular formula is C19H26F3N3O2. The number of carbonyl (C=O) groups excluding carboxylic acids is 1. The van der Waals surface area contributed by atoms with Crippen LogP contribution in [0, 0.1) is 11.8 Å². The maximum atomic E-state index is 13.0. The predicted octanol–water partition coefficient (Wildman–Crippen LogP) is 4.23. The van der Waals surface area contributed by atoms with E-state index in [4.69, 9.17) is 4.74 Å². The second-order valence-corrected chi connectivity index (χ2v) is 8.68. The molecule has 5 nitrogen and oxygen atoms in total. The van der Waals surface area contributed by atoms with E-state index in [0.717, 1.165) is 18.9 Å². The van der Waals surface area contributed by atoms with Gasteiger partial charge in [-0.05, 0) is 64.5 Å². The maximum absolute atomic E-state index is 13.0. The van der Waals surface area contributed by atoms with E-state index in [1.807, 2.05) is 32.6 Å². The van der Waals surface area contributed by atoms with Gasteiger partial charge in [-0.15, -0.1) is 0 Å². The highest BCUT2D eigenvalue weighted by molar-refractivity contribution is 5.69. The van der Waals surface area contributed by atoms with Crippen molar-refractivity contribution in [2.45, 2.75) is 57.9 Å². The minimum absolute atomic E-state index is 0.145. The van der Waals surface area contributed by atoms with E-state index in [2.05, 4.69) is 10.3 Å². The molecule has 1 amide bonds. The van der Waals surface area contributed by atoms with Crippen molar-refractivity contribution in [2.75, 3.05) is 18.0 Å². The Labute approximate surface area is 157 Å². The molecule has 2 bridgehead atoms. The third-order valence-electron chi connectivity index (χ3n) is 5.61. The van der Waals surface area contributed by atoms with E-state index in [-0.39, 0.29) is 11.8 Å². The fourth-order valence-electron chi connectivity index (χ4n) is 4.21. The molecule has 1 saturated heterocycles. The molecule has 3 atom stereocenters. The van der Waals surface area contributed by atoms with E-state index in [0.29, 0.717) is 18.8 Å². The Hall–Kier alpha value is -1.99. The van der Waals surface area contributed by atoms with Crippen molar-refractivity contribution < 1.29 is 22.7 Å². The monoisotopic (exact) mass is 385 g/mol. The summed E-state index contributed by atoms with van der Waals surface area (Å²) in [7, 11) is 0. The molecule has 0 aromatic carbocycles. The molecule has 1 aliphatic heterocycles. The van der Waals surface area contributed by atoms with Crippen molar-refractivity contribution in [1.29, 1.82) is 0 Å². The first-order valence-electron chi connectivity index (χ1n) is 9.18. The number of nitrogens with one attached hydrogen (secondary N) is 1. The Balaban J connectivity index is 1.74. The highest BCUT2D eigenvalue weighted by Gasteiger charge is 2.52. The normalized spacial score (nSPS) is 28.2. The summed E-state index contributed by atoms with van der Waals surface area (Å²) in [5.74, 6) is 0.289. The quantitative estimate of drug-likeness (QED) is 0.828. The van der Waals surface area contributed by atoms with Crippen LogP contribution in [0.2, 0.25) is 0 Å². The lowest BCUT2D eigenvalue weighted by Gasteiger charge is -2.47. The van der Waals surface area contributed by atoms with Gasteiger partial charge in [0.05, 0.1) is 0 Å². The minimum atomic E-state index is -4.46. The molecule has 27 heavy (non-hydrogen) atoms. The summed E-state index contributed by atoms with van der Waals surface area (Å²) in [6.45, 7) is 8.63. The van der Waals surface area contributed by atoms with Crippen LogP contribution in [0.4, 0.5) is 23.7 Å². The number of pyridine rings is 1. The number of alkyl halides is 3. The Morgan fingerprint density at radius 1 is 1.26 bits per heavy atom. The zero-order valence-electron chi connectivity index (χ0n) is 16.1. The molecule has 0 spiro atoms. The molecule has 1 aromatic heterocycles. The molecule has 1 unspecified atom stereocenters. The molecule has 1 aromatic rings. The van der Waals surface area contributed by atoms with Gasteiger partial charge in [-0.25, -0.2) is 4.79 Å². The topological polar surface area (TPSA) is 54.5 Å². The number of piperidine rings is 1. The first-order chi connectivity index (χ1) is 12.4. The molecule has 1 saturated carbocycles. The predicted molar refractivity (Wildman–Crippen MR) is 95.4 cm³/mol. The number of alkyl carbamates (subject to hydrolysis) is 1. The zero-order valence-corrected chi connectivity index (χ0v) is 16.1. The Bertz CT molecular complexity index is 701. The molecule has 3 rings (SSSR count). The zero-order chi connectivity index (χ0) is 20.0. The summed E-state index contributed by atoms with van der Waals surface area (Å²) < 4.78 is 44.3. The highest BCUT2D eigenvalue weighted by atomic mass is 19.4. The lowest BCUT2D eigenvalue weighted by atomic mass is 9.78. The number of ether oxygens (including phenoxy) is 1. The number of anilines is 1. The van der Waals surface area contributed by atoms with Gasteiger partial charge in [-0.1, -0.05) is 0 Å². The second kappa shape index (κ2) is 6.56. The number of hydrogen-bond donors (Lipinski definition) is 1. The van der Waals surface area contributed by atoms with Crippen molar-refractivity contribution >= 4 is 11.8 Å². The van der Waals surface area contributed by atoms with Crippen LogP contribution in [0.25, 0.3) is 0 Å². The lowest BCUT2D eigenvalue weighted by Crippen LogP contribution is -2.61. The van der Waals surface area contributed by atoms with Gasteiger partial charge in [0.25, 0.3) is 0 Å². The average molecular weight is 385 g/mol. The standard InChI is InChI=1S/C19H26F3N3O2/c1-17(2,3)27-16(26)24-18(4)12-5-6-13(18)11-25(10-12)14-7-8-23-15(9-14)19(20,21)22/h7-9,12-13H,5-6,10-11H2,1-4H3,(H,24,26)/t12-,13+,18?. The summed E-state index contributed by atoms with van der Waals surface area (Å²) in [6.07, 6.45) is -1.86. The number of nitrogens with zero attached hydrogens (tertiary/aromatic N) is 2. The number of amides is 1. The van der Waals surface area contributed by atoms with Crippen LogP contribution in [-0.4, -0.2) is 35.3 Å². The molecule has 2 heterocycles. The molecule has 150 valence electrons. The van der Waals surface area contributed by atoms with Crippen LogP contribution >= 0.6 is 0 Å². The molecule has 0 radical (unpaired) electrons. The molecule has 1 N–H and O–H groups in total. The number of carbonyl (C=O) groups is 1. The first kappa shape index (κ1) is 19.8. The summed E-state index contributed by atoms with van der Waals surface area (Å²) in [5.41, 5.74) is -1.36. The fourth-order valence-corrected chi connectivity index (χ4v) is 4.21. The van der Waals surface area contributed by atoms with Crippen LogP contribution in [0.3, 0.4) is 0 Å². The molecular weight excluding hydrogens is 359 g/mol. The minimum Gasteiger partial charge on any atom is -0.444 e. The number of hydrogen-bond acceptors (Lipinski definition) is 4. The second-order valence-electron chi connectivity index (χ2n) is 8.68. The largest absolute Gasteiger partial charge is 0.444 e. The van der Waals surface area contributed by atoms with Gasteiger partial charge in [0.2, 0.25) is 0 Å². The van der Waals surface area contributed by atoms with E-state index in [1.54, 1.807) is 6.07 Å². The maximum Gasteiger partial charge on any atom is 0.433 e. The van der Waals surface area contributed by atoms with Crippen molar-refractivity contribution in [3.63, 3.8) is 0 Å². The van der Waals surface area contributed by atoms with Gasteiger partial charge in [0.1, 0.15) is 11.3 Å². The van der Waals surface area contributed by atoms with Gasteiger partial charge in [-0.3, -0.25) is 4.98 Å². The van der Waals surface area contributed by atoms with Crippen LogP contribution in [-0.2, 0) is 10.9 Å². The van der Waals surface area contributed by atoms with Crippen LogP contribution < -0.4 is 10.2 Å². The SMILES string of the molecule is CC(C)(C)OC(=O)NC1(C)[C@@H]2CC[C@H]1CN(c1ccnc(C(F)(F)F)c1)C2. The number of rotatable bonds is 2. The third-order valence-corrected chi connectivity index (χ3v) is 5.61. The highest BCUT2D eigenvalue weighted by Crippen LogP contribution is 2.46. The fraction of sp³-hybridized carbons (Fsp3) is 0.684. The average Bonchev–Trinajstić information content (AvgIpc) is 2.71. The summed E-state index contributed by atoms with van der Waals surface area (Å²) in [5, 5.41) is 3.04. The van der Waals surface area contributed by atoms with Crippen molar-refractivity contribution in [1.82, 2.24) is 10.3 Å². The van der Waals surface area contributed by atoms with E-state index in [1.165, 1.54) is 6.20 Å². The van der Waals surface area contributed by atoms with Gasteiger partial charge in [-0.2, -0.15) is 13.2 Å². The molecule has 2 aliphatic rings. The first-order valence-corrected chi connectivity index (χ1v) is 9.18. The van der Waals surface area contributed by atoms with Gasteiger partial charge >= 0.3 is 12.3 Å². The summed E-state index contributed by atoms with van der Waals surface area (Å²) >= 11 is 0. The van der Waals surface area contributed by atoms with Crippen molar-refractivity contribution in [3.05, 3.63) is 24.0 Å². The van der Waals surface area contributed by atoms with Gasteiger partial charge in [0.15, 0.2) is 0 Å². The number of halogens is 3. The molecule has 8 heteroatoms. The lowest BCUT2D eigenvalue weighted by molar-refractivity contribution is -0.141.